The van der Waals surface area contributed by atoms with Gasteiger partial charge in [-0.25, -0.2) is 9.97 Å². The highest BCUT2D eigenvalue weighted by Gasteiger charge is 2.17. The van der Waals surface area contributed by atoms with Crippen LogP contribution in [0.4, 0.5) is 0 Å². The molecule has 0 atom stereocenters. The summed E-state index contributed by atoms with van der Waals surface area (Å²) in [6.45, 7) is 6.35. The second-order valence-electron chi connectivity index (χ2n) is 9.38. The van der Waals surface area contributed by atoms with Crippen LogP contribution in [0.2, 0.25) is 0 Å². The summed E-state index contributed by atoms with van der Waals surface area (Å²) in [4.78, 5) is 11.3. The van der Waals surface area contributed by atoms with Crippen molar-refractivity contribution in [3.63, 3.8) is 0 Å². The number of H-pyrrole nitrogens is 1. The van der Waals surface area contributed by atoms with E-state index < -0.39 is 0 Å². The summed E-state index contributed by atoms with van der Waals surface area (Å²) < 4.78 is 23.0. The summed E-state index contributed by atoms with van der Waals surface area (Å²) in [6, 6.07) is 13.3. The van der Waals surface area contributed by atoms with Crippen molar-refractivity contribution in [3.8, 4) is 40.3 Å². The van der Waals surface area contributed by atoms with Crippen molar-refractivity contribution in [1.29, 1.82) is 0 Å². The molecule has 5 rings (SSSR count). The first-order valence-electron chi connectivity index (χ1n) is 12.7. The lowest BCUT2D eigenvalue weighted by atomic mass is 9.99. The molecule has 9 nitrogen and oxygen atoms in total. The lowest BCUT2D eigenvalue weighted by Crippen LogP contribution is -2.34. The van der Waals surface area contributed by atoms with Crippen molar-refractivity contribution in [3.05, 3.63) is 48.8 Å². The largest absolute Gasteiger partial charge is 0.497 e. The monoisotopic (exact) mass is 503 g/mol. The summed E-state index contributed by atoms with van der Waals surface area (Å²) >= 11 is 0. The van der Waals surface area contributed by atoms with Gasteiger partial charge in [-0.1, -0.05) is 6.92 Å². The van der Waals surface area contributed by atoms with Crippen molar-refractivity contribution >= 4 is 10.9 Å². The van der Waals surface area contributed by atoms with Crippen LogP contribution in [0.5, 0.6) is 29.0 Å². The van der Waals surface area contributed by atoms with Gasteiger partial charge in [0.2, 0.25) is 11.8 Å². The number of piperidine rings is 1. The summed E-state index contributed by atoms with van der Waals surface area (Å²) in [5.74, 6) is 3.70. The van der Waals surface area contributed by atoms with E-state index in [4.69, 9.17) is 18.9 Å². The molecule has 1 aliphatic rings. The quantitative estimate of drug-likeness (QED) is 0.290. The molecule has 0 saturated carbocycles. The first-order valence-corrected chi connectivity index (χ1v) is 12.7. The molecule has 4 aromatic rings. The number of hydrogen-bond donors (Lipinski definition) is 1. The normalized spacial score (nSPS) is 14.6. The van der Waals surface area contributed by atoms with Gasteiger partial charge in [0.25, 0.3) is 0 Å². The van der Waals surface area contributed by atoms with Crippen LogP contribution in [0.3, 0.4) is 0 Å². The Morgan fingerprint density at radius 3 is 2.54 bits per heavy atom. The molecule has 2 aromatic carbocycles. The SMILES string of the molecule is COc1ccc(-c2cc(Oc3ncnc4cc(OCCCN5CCC(C)CC5)c(OC)cc34)n[nH]2)cc1. The summed E-state index contributed by atoms with van der Waals surface area (Å²) in [6.07, 6.45) is 5.00. The molecule has 194 valence electrons. The molecule has 1 saturated heterocycles. The number of nitrogens with one attached hydrogen (secondary N) is 1. The number of aromatic amines is 1. The minimum atomic E-state index is 0.391. The molecule has 0 bridgehead atoms. The number of methoxy groups -OCH3 is 2. The van der Waals surface area contributed by atoms with Gasteiger partial charge < -0.3 is 23.8 Å². The standard InChI is InChI=1S/C28H33N5O4/c1-19-9-12-33(13-10-19)11-4-14-36-26-16-24-22(15-25(26)35-3)28(30-18-29-24)37-27-17-23(31-32-27)20-5-7-21(34-2)8-6-20/h5-8,15-19H,4,9-14H2,1-3H3,(H,31,32). The maximum absolute atomic E-state index is 6.10. The zero-order valence-electron chi connectivity index (χ0n) is 21.6. The van der Waals surface area contributed by atoms with Gasteiger partial charge in [0.05, 0.1) is 37.4 Å². The number of fused-ring (bicyclic) bond motifs is 1. The van der Waals surface area contributed by atoms with Gasteiger partial charge in [0.1, 0.15) is 12.1 Å². The van der Waals surface area contributed by atoms with Crippen LogP contribution < -0.4 is 18.9 Å². The van der Waals surface area contributed by atoms with Crippen LogP contribution in [0.15, 0.2) is 48.8 Å². The number of benzene rings is 2. The smallest absolute Gasteiger partial charge is 0.240 e. The van der Waals surface area contributed by atoms with E-state index in [2.05, 4.69) is 32.0 Å². The number of aromatic nitrogens is 4. The van der Waals surface area contributed by atoms with Gasteiger partial charge in [0.15, 0.2) is 11.5 Å². The van der Waals surface area contributed by atoms with Crippen LogP contribution in [0, 0.1) is 5.92 Å². The van der Waals surface area contributed by atoms with Gasteiger partial charge in [-0.05, 0) is 74.2 Å². The number of rotatable bonds is 10. The fourth-order valence-electron chi connectivity index (χ4n) is 4.52. The fraction of sp³-hybridized carbons (Fsp3) is 0.393. The Bertz CT molecular complexity index is 1320. The first-order chi connectivity index (χ1) is 18.1. The minimum Gasteiger partial charge on any atom is -0.497 e. The van der Waals surface area contributed by atoms with E-state index in [9.17, 15) is 0 Å². The molecule has 2 aromatic heterocycles. The van der Waals surface area contributed by atoms with E-state index in [0.717, 1.165) is 35.9 Å². The molecule has 0 spiro atoms. The molecule has 3 heterocycles. The maximum atomic E-state index is 6.10. The molecule has 0 aliphatic carbocycles. The predicted octanol–water partition coefficient (Wildman–Crippen LogP) is 5.33. The second-order valence-corrected chi connectivity index (χ2v) is 9.38. The first kappa shape index (κ1) is 24.8. The van der Waals surface area contributed by atoms with Crippen molar-refractivity contribution in [2.45, 2.75) is 26.2 Å². The topological polar surface area (TPSA) is 94.6 Å². The highest BCUT2D eigenvalue weighted by atomic mass is 16.5. The molecule has 0 unspecified atom stereocenters. The summed E-state index contributed by atoms with van der Waals surface area (Å²) in [5.41, 5.74) is 2.49. The third kappa shape index (κ3) is 5.94. The van der Waals surface area contributed by atoms with Gasteiger partial charge >= 0.3 is 0 Å². The molecule has 0 amide bonds. The number of nitrogens with zero attached hydrogens (tertiary/aromatic N) is 4. The zero-order chi connectivity index (χ0) is 25.6. The highest BCUT2D eigenvalue weighted by molar-refractivity contribution is 5.87. The molecular weight excluding hydrogens is 470 g/mol. The van der Waals surface area contributed by atoms with Gasteiger partial charge in [-0.3, -0.25) is 5.10 Å². The lowest BCUT2D eigenvalue weighted by molar-refractivity contribution is 0.176. The van der Waals surface area contributed by atoms with E-state index in [1.165, 1.54) is 32.3 Å². The number of likely N-dealkylation sites (tertiary alicyclic amines) is 1. The fourth-order valence-corrected chi connectivity index (χ4v) is 4.52. The van der Waals surface area contributed by atoms with Gasteiger partial charge in [0, 0.05) is 18.7 Å². The molecule has 0 radical (unpaired) electrons. The lowest BCUT2D eigenvalue weighted by Gasteiger charge is -2.30. The molecule has 1 fully saturated rings. The van der Waals surface area contributed by atoms with E-state index in [-0.39, 0.29) is 0 Å². The number of ether oxygens (including phenoxy) is 4. The van der Waals surface area contributed by atoms with Crippen molar-refractivity contribution in [2.24, 2.45) is 5.92 Å². The molecule has 9 heteroatoms. The Balaban J connectivity index is 1.27. The van der Waals surface area contributed by atoms with Crippen molar-refractivity contribution in [2.75, 3.05) is 40.5 Å². The Kier molecular flexibility index (Phi) is 7.70. The summed E-state index contributed by atoms with van der Waals surface area (Å²) in [5, 5.41) is 8.01. The third-order valence-corrected chi connectivity index (χ3v) is 6.79. The maximum Gasteiger partial charge on any atom is 0.240 e. The van der Waals surface area contributed by atoms with Crippen LogP contribution in [0.25, 0.3) is 22.2 Å². The number of hydrogen-bond acceptors (Lipinski definition) is 8. The molecule has 1 aliphatic heterocycles. The third-order valence-electron chi connectivity index (χ3n) is 6.79. The van der Waals surface area contributed by atoms with E-state index in [1.807, 2.05) is 42.5 Å². The minimum absolute atomic E-state index is 0.391. The molecule has 1 N–H and O–H groups in total. The van der Waals surface area contributed by atoms with Crippen molar-refractivity contribution in [1.82, 2.24) is 25.1 Å². The Labute approximate surface area is 216 Å². The van der Waals surface area contributed by atoms with E-state index >= 15 is 0 Å². The summed E-state index contributed by atoms with van der Waals surface area (Å²) in [7, 11) is 3.27. The van der Waals surface area contributed by atoms with Crippen LogP contribution in [-0.4, -0.2) is 65.5 Å². The Morgan fingerprint density at radius 1 is 0.973 bits per heavy atom. The average Bonchev–Trinajstić information content (AvgIpc) is 3.40. The Hall–Kier alpha value is -3.85. The highest BCUT2D eigenvalue weighted by Crippen LogP contribution is 2.36. The van der Waals surface area contributed by atoms with Crippen molar-refractivity contribution < 1.29 is 18.9 Å². The van der Waals surface area contributed by atoms with Crippen LogP contribution in [-0.2, 0) is 0 Å². The van der Waals surface area contributed by atoms with Gasteiger partial charge in [-0.15, -0.1) is 5.10 Å². The average molecular weight is 504 g/mol. The molecule has 37 heavy (non-hydrogen) atoms. The van der Waals surface area contributed by atoms with Crippen LogP contribution in [0.1, 0.15) is 26.2 Å². The van der Waals surface area contributed by atoms with E-state index in [0.29, 0.717) is 40.8 Å². The van der Waals surface area contributed by atoms with Gasteiger partial charge in [-0.2, -0.15) is 0 Å². The zero-order valence-corrected chi connectivity index (χ0v) is 21.6. The Morgan fingerprint density at radius 2 is 1.78 bits per heavy atom. The molecular formula is C28H33N5O4. The van der Waals surface area contributed by atoms with Crippen LogP contribution >= 0.6 is 0 Å². The second kappa shape index (κ2) is 11.5. The van der Waals surface area contributed by atoms with E-state index in [1.54, 1.807) is 14.2 Å². The predicted molar refractivity (Wildman–Crippen MR) is 142 cm³/mol.